The summed E-state index contributed by atoms with van der Waals surface area (Å²) in [6.45, 7) is 2.03. The van der Waals surface area contributed by atoms with Gasteiger partial charge in [0.25, 0.3) is 5.91 Å². The van der Waals surface area contributed by atoms with Crippen LogP contribution in [0.2, 0.25) is 0 Å². The molecule has 3 aromatic rings. The lowest BCUT2D eigenvalue weighted by molar-refractivity contribution is 0.0526. The van der Waals surface area contributed by atoms with Gasteiger partial charge in [-0.1, -0.05) is 36.4 Å². The summed E-state index contributed by atoms with van der Waals surface area (Å²) in [4.78, 5) is 28.4. The van der Waals surface area contributed by atoms with Crippen molar-refractivity contribution in [2.75, 3.05) is 11.9 Å². The Bertz CT molecular complexity index is 901. The van der Waals surface area contributed by atoms with E-state index < -0.39 is 5.97 Å². The molecule has 24 heavy (non-hydrogen) atoms. The van der Waals surface area contributed by atoms with E-state index in [0.29, 0.717) is 23.6 Å². The third-order valence-electron chi connectivity index (χ3n) is 3.55. The number of hydrogen-bond acceptors (Lipinski definition) is 4. The Morgan fingerprint density at radius 3 is 2.71 bits per heavy atom. The smallest absolute Gasteiger partial charge is 0.338 e. The van der Waals surface area contributed by atoms with Gasteiger partial charge in [0, 0.05) is 11.8 Å². The first kappa shape index (κ1) is 15.7. The molecule has 1 aromatic heterocycles. The first-order valence-electron chi connectivity index (χ1n) is 7.61. The molecule has 0 radical (unpaired) electrons. The summed E-state index contributed by atoms with van der Waals surface area (Å²) in [6, 6.07) is 16.2. The van der Waals surface area contributed by atoms with E-state index >= 15 is 0 Å². The predicted octanol–water partition coefficient (Wildman–Crippen LogP) is 3.66. The Morgan fingerprint density at radius 2 is 1.88 bits per heavy atom. The quantitative estimate of drug-likeness (QED) is 0.745. The van der Waals surface area contributed by atoms with Crippen LogP contribution < -0.4 is 5.32 Å². The minimum Gasteiger partial charge on any atom is -0.462 e. The summed E-state index contributed by atoms with van der Waals surface area (Å²) < 4.78 is 4.95. The first-order valence-corrected chi connectivity index (χ1v) is 7.61. The second kappa shape index (κ2) is 6.91. The minimum absolute atomic E-state index is 0.277. The summed E-state index contributed by atoms with van der Waals surface area (Å²) in [7, 11) is 0. The molecule has 0 fully saturated rings. The maximum absolute atomic E-state index is 12.6. The first-order chi connectivity index (χ1) is 11.7. The van der Waals surface area contributed by atoms with Gasteiger partial charge in [0.2, 0.25) is 0 Å². The molecule has 1 amide bonds. The fourth-order valence-electron chi connectivity index (χ4n) is 2.45. The number of esters is 1. The van der Waals surface area contributed by atoms with Crippen LogP contribution in [-0.4, -0.2) is 23.5 Å². The molecule has 0 spiro atoms. The number of ether oxygens (including phenoxy) is 1. The lowest BCUT2D eigenvalue weighted by Gasteiger charge is -2.08. The summed E-state index contributed by atoms with van der Waals surface area (Å²) >= 11 is 0. The topological polar surface area (TPSA) is 68.3 Å². The van der Waals surface area contributed by atoms with Gasteiger partial charge >= 0.3 is 5.97 Å². The van der Waals surface area contributed by atoms with Crippen molar-refractivity contribution >= 4 is 28.5 Å². The number of carbonyl (C=O) groups excluding carboxylic acids is 2. The molecule has 0 aliphatic carbocycles. The van der Waals surface area contributed by atoms with E-state index in [1.807, 2.05) is 36.4 Å². The number of pyridine rings is 1. The van der Waals surface area contributed by atoms with Gasteiger partial charge in [-0.05, 0) is 35.9 Å². The Kier molecular flexibility index (Phi) is 4.52. The zero-order chi connectivity index (χ0) is 16.9. The van der Waals surface area contributed by atoms with E-state index in [4.69, 9.17) is 4.74 Å². The van der Waals surface area contributed by atoms with Crippen LogP contribution in [0.3, 0.4) is 0 Å². The Morgan fingerprint density at radius 1 is 1.08 bits per heavy atom. The molecule has 2 aromatic carbocycles. The molecular weight excluding hydrogens is 304 g/mol. The fourth-order valence-corrected chi connectivity index (χ4v) is 2.45. The Labute approximate surface area is 139 Å². The third-order valence-corrected chi connectivity index (χ3v) is 3.55. The minimum atomic E-state index is -0.444. The molecule has 0 atom stereocenters. The van der Waals surface area contributed by atoms with E-state index in [1.165, 1.54) is 12.3 Å². The number of aromatic nitrogens is 1. The standard InChI is InChI=1S/C19H16N2O3/c1-2-24-19(23)14-10-11-20-17(12-14)21-18(22)16-9-5-7-13-6-3-4-8-15(13)16/h3-12H,2H2,1H3,(H,20,21,22). The zero-order valence-electron chi connectivity index (χ0n) is 13.2. The number of nitrogens with zero attached hydrogens (tertiary/aromatic N) is 1. The monoisotopic (exact) mass is 320 g/mol. The van der Waals surface area contributed by atoms with Crippen LogP contribution in [0.4, 0.5) is 5.82 Å². The van der Waals surface area contributed by atoms with Crippen LogP contribution in [0, 0.1) is 0 Å². The van der Waals surface area contributed by atoms with Gasteiger partial charge in [0.05, 0.1) is 12.2 Å². The molecule has 120 valence electrons. The lowest BCUT2D eigenvalue weighted by Crippen LogP contribution is -2.14. The molecule has 5 heteroatoms. The molecule has 0 saturated carbocycles. The van der Waals surface area contributed by atoms with Gasteiger partial charge < -0.3 is 10.1 Å². The van der Waals surface area contributed by atoms with Crippen molar-refractivity contribution in [3.05, 3.63) is 71.9 Å². The predicted molar refractivity (Wildman–Crippen MR) is 92.1 cm³/mol. The second-order valence-corrected chi connectivity index (χ2v) is 5.13. The molecule has 0 unspecified atom stereocenters. The van der Waals surface area contributed by atoms with Crippen LogP contribution in [0.25, 0.3) is 10.8 Å². The van der Waals surface area contributed by atoms with Gasteiger partial charge in [-0.3, -0.25) is 4.79 Å². The van der Waals surface area contributed by atoms with Crippen molar-refractivity contribution in [3.8, 4) is 0 Å². The highest BCUT2D eigenvalue weighted by molar-refractivity contribution is 6.12. The SMILES string of the molecule is CCOC(=O)c1ccnc(NC(=O)c2cccc3ccccc23)c1. The molecule has 1 heterocycles. The average molecular weight is 320 g/mol. The number of nitrogens with one attached hydrogen (secondary N) is 1. The molecule has 0 aliphatic rings. The highest BCUT2D eigenvalue weighted by Crippen LogP contribution is 2.19. The highest BCUT2D eigenvalue weighted by atomic mass is 16.5. The number of benzene rings is 2. The van der Waals surface area contributed by atoms with Gasteiger partial charge in [-0.25, -0.2) is 9.78 Å². The normalized spacial score (nSPS) is 10.4. The number of rotatable bonds is 4. The van der Waals surface area contributed by atoms with Crippen molar-refractivity contribution in [2.24, 2.45) is 0 Å². The van der Waals surface area contributed by atoms with Gasteiger partial charge in [-0.2, -0.15) is 0 Å². The fraction of sp³-hybridized carbons (Fsp3) is 0.105. The molecule has 5 nitrogen and oxygen atoms in total. The third kappa shape index (κ3) is 3.25. The maximum atomic E-state index is 12.6. The molecular formula is C19H16N2O3. The van der Waals surface area contributed by atoms with Crippen molar-refractivity contribution in [3.63, 3.8) is 0 Å². The van der Waals surface area contributed by atoms with Gasteiger partial charge in [0.1, 0.15) is 5.82 Å². The van der Waals surface area contributed by atoms with Crippen LogP contribution in [0.5, 0.6) is 0 Å². The summed E-state index contributed by atoms with van der Waals surface area (Å²) in [5.41, 5.74) is 0.900. The molecule has 0 bridgehead atoms. The van der Waals surface area contributed by atoms with Crippen molar-refractivity contribution in [1.29, 1.82) is 0 Å². The van der Waals surface area contributed by atoms with Crippen molar-refractivity contribution in [1.82, 2.24) is 4.98 Å². The van der Waals surface area contributed by atoms with E-state index in [0.717, 1.165) is 10.8 Å². The number of hydrogen-bond donors (Lipinski definition) is 1. The molecule has 0 aliphatic heterocycles. The van der Waals surface area contributed by atoms with E-state index in [9.17, 15) is 9.59 Å². The van der Waals surface area contributed by atoms with Crippen molar-refractivity contribution < 1.29 is 14.3 Å². The number of fused-ring (bicyclic) bond motifs is 1. The Hall–Kier alpha value is -3.21. The van der Waals surface area contributed by atoms with Gasteiger partial charge in [-0.15, -0.1) is 0 Å². The largest absolute Gasteiger partial charge is 0.462 e. The van der Waals surface area contributed by atoms with Crippen molar-refractivity contribution in [2.45, 2.75) is 6.92 Å². The van der Waals surface area contributed by atoms with E-state index in [1.54, 1.807) is 19.1 Å². The maximum Gasteiger partial charge on any atom is 0.338 e. The van der Waals surface area contributed by atoms with Crippen LogP contribution in [0.1, 0.15) is 27.6 Å². The van der Waals surface area contributed by atoms with E-state index in [2.05, 4.69) is 10.3 Å². The average Bonchev–Trinajstić information content (AvgIpc) is 2.61. The van der Waals surface area contributed by atoms with Gasteiger partial charge in [0.15, 0.2) is 0 Å². The number of anilines is 1. The number of carbonyl (C=O) groups is 2. The summed E-state index contributed by atoms with van der Waals surface area (Å²) in [5, 5.41) is 4.57. The Balaban J connectivity index is 1.87. The molecule has 0 saturated heterocycles. The lowest BCUT2D eigenvalue weighted by atomic mass is 10.0. The van der Waals surface area contributed by atoms with Crippen LogP contribution in [0.15, 0.2) is 60.8 Å². The number of amides is 1. The highest BCUT2D eigenvalue weighted by Gasteiger charge is 2.12. The molecule has 1 N–H and O–H groups in total. The van der Waals surface area contributed by atoms with Crippen LogP contribution >= 0.6 is 0 Å². The van der Waals surface area contributed by atoms with Crippen LogP contribution in [-0.2, 0) is 4.74 Å². The summed E-state index contributed by atoms with van der Waals surface area (Å²) in [6.07, 6.45) is 1.46. The second-order valence-electron chi connectivity index (χ2n) is 5.13. The zero-order valence-corrected chi connectivity index (χ0v) is 13.2. The summed E-state index contributed by atoms with van der Waals surface area (Å²) in [5.74, 6) is -0.417. The molecule has 3 rings (SSSR count). The van der Waals surface area contributed by atoms with E-state index in [-0.39, 0.29) is 5.91 Å².